The van der Waals surface area contributed by atoms with Gasteiger partial charge in [0.25, 0.3) is 11.8 Å². The number of esters is 1. The second-order valence-corrected chi connectivity index (χ2v) is 8.06. The van der Waals surface area contributed by atoms with Gasteiger partial charge in [0.2, 0.25) is 0 Å². The van der Waals surface area contributed by atoms with E-state index in [1.807, 2.05) is 41.8 Å². The highest BCUT2D eigenvalue weighted by Gasteiger charge is 2.20. The van der Waals surface area contributed by atoms with Gasteiger partial charge >= 0.3 is 5.97 Å². The monoisotopic (exact) mass is 444 g/mol. The summed E-state index contributed by atoms with van der Waals surface area (Å²) in [4.78, 5) is 37.8. The molecule has 32 heavy (non-hydrogen) atoms. The first-order valence-corrected chi connectivity index (χ1v) is 10.8. The number of hydrogen-bond acceptors (Lipinski definition) is 5. The molecule has 0 aliphatic rings. The molecule has 0 bridgehead atoms. The van der Waals surface area contributed by atoms with E-state index in [1.54, 1.807) is 36.4 Å². The SMILES string of the molecule is CC(OC(=O)c1cccc(NC(=O)c2cccs2)c1)C(=O)Nc1ccc2ccccc2c1. The second kappa shape index (κ2) is 9.45. The van der Waals surface area contributed by atoms with Crippen molar-refractivity contribution in [3.8, 4) is 0 Å². The Morgan fingerprint density at radius 2 is 1.59 bits per heavy atom. The molecule has 6 nitrogen and oxygen atoms in total. The first kappa shape index (κ1) is 21.3. The van der Waals surface area contributed by atoms with Crippen LogP contribution in [0.25, 0.3) is 10.8 Å². The Balaban J connectivity index is 1.38. The smallest absolute Gasteiger partial charge is 0.338 e. The summed E-state index contributed by atoms with van der Waals surface area (Å²) in [6.45, 7) is 1.51. The molecule has 4 aromatic rings. The number of rotatable bonds is 6. The van der Waals surface area contributed by atoms with E-state index in [4.69, 9.17) is 4.74 Å². The average Bonchev–Trinajstić information content (AvgIpc) is 3.34. The molecule has 2 N–H and O–H groups in total. The predicted molar refractivity (Wildman–Crippen MR) is 126 cm³/mol. The van der Waals surface area contributed by atoms with Gasteiger partial charge < -0.3 is 15.4 Å². The fourth-order valence-corrected chi connectivity index (χ4v) is 3.74. The van der Waals surface area contributed by atoms with Gasteiger partial charge in [0.05, 0.1) is 10.4 Å². The molecular formula is C25H20N2O4S. The van der Waals surface area contributed by atoms with Crippen molar-refractivity contribution in [3.05, 3.63) is 94.7 Å². The molecule has 1 atom stereocenters. The van der Waals surface area contributed by atoms with Crippen LogP contribution in [0.3, 0.4) is 0 Å². The number of carbonyl (C=O) groups excluding carboxylic acids is 3. The molecule has 7 heteroatoms. The normalized spacial score (nSPS) is 11.5. The van der Waals surface area contributed by atoms with Crippen LogP contribution in [0.4, 0.5) is 11.4 Å². The maximum absolute atomic E-state index is 12.5. The topological polar surface area (TPSA) is 84.5 Å². The number of thiophene rings is 1. The third-order valence-corrected chi connectivity index (χ3v) is 5.64. The van der Waals surface area contributed by atoms with Crippen LogP contribution in [0, 0.1) is 0 Å². The minimum absolute atomic E-state index is 0.235. The van der Waals surface area contributed by atoms with Crippen molar-refractivity contribution in [1.82, 2.24) is 0 Å². The maximum atomic E-state index is 12.5. The van der Waals surface area contributed by atoms with Crippen LogP contribution in [-0.4, -0.2) is 23.9 Å². The molecule has 1 aromatic heterocycles. The van der Waals surface area contributed by atoms with Crippen molar-refractivity contribution >= 4 is 51.3 Å². The number of benzene rings is 3. The fraction of sp³-hybridized carbons (Fsp3) is 0.0800. The van der Waals surface area contributed by atoms with Crippen LogP contribution < -0.4 is 10.6 Å². The summed E-state index contributed by atoms with van der Waals surface area (Å²) >= 11 is 1.33. The van der Waals surface area contributed by atoms with Gasteiger partial charge in [-0.3, -0.25) is 9.59 Å². The zero-order valence-electron chi connectivity index (χ0n) is 17.2. The van der Waals surface area contributed by atoms with E-state index >= 15 is 0 Å². The molecule has 3 aromatic carbocycles. The van der Waals surface area contributed by atoms with E-state index in [9.17, 15) is 14.4 Å². The number of fused-ring (bicyclic) bond motifs is 1. The van der Waals surface area contributed by atoms with Crippen LogP contribution in [0.15, 0.2) is 84.2 Å². The van der Waals surface area contributed by atoms with Crippen molar-refractivity contribution in [2.45, 2.75) is 13.0 Å². The largest absolute Gasteiger partial charge is 0.449 e. The Morgan fingerprint density at radius 1 is 0.812 bits per heavy atom. The van der Waals surface area contributed by atoms with Gasteiger partial charge in [-0.1, -0.05) is 42.5 Å². The lowest BCUT2D eigenvalue weighted by Crippen LogP contribution is -2.30. The van der Waals surface area contributed by atoms with Crippen molar-refractivity contribution in [2.75, 3.05) is 10.6 Å². The predicted octanol–water partition coefficient (Wildman–Crippen LogP) is 5.34. The number of anilines is 2. The highest BCUT2D eigenvalue weighted by molar-refractivity contribution is 7.12. The Hall–Kier alpha value is -3.97. The lowest BCUT2D eigenvalue weighted by atomic mass is 10.1. The molecule has 0 radical (unpaired) electrons. The van der Waals surface area contributed by atoms with Crippen molar-refractivity contribution in [2.24, 2.45) is 0 Å². The quantitative estimate of drug-likeness (QED) is 0.393. The minimum Gasteiger partial charge on any atom is -0.449 e. The highest BCUT2D eigenvalue weighted by atomic mass is 32.1. The summed E-state index contributed by atoms with van der Waals surface area (Å²) in [5.41, 5.74) is 1.32. The number of nitrogens with one attached hydrogen (secondary N) is 2. The van der Waals surface area contributed by atoms with Gasteiger partial charge in [-0.25, -0.2) is 4.79 Å². The van der Waals surface area contributed by atoms with Gasteiger partial charge in [0.15, 0.2) is 6.10 Å². The lowest BCUT2D eigenvalue weighted by Gasteiger charge is -2.14. The maximum Gasteiger partial charge on any atom is 0.338 e. The Bertz CT molecular complexity index is 1280. The summed E-state index contributed by atoms with van der Waals surface area (Å²) < 4.78 is 5.33. The van der Waals surface area contributed by atoms with E-state index in [-0.39, 0.29) is 11.5 Å². The molecule has 0 fully saturated rings. The molecule has 160 valence electrons. The first-order chi connectivity index (χ1) is 15.5. The summed E-state index contributed by atoms with van der Waals surface area (Å²) in [6, 6.07) is 23.3. The highest BCUT2D eigenvalue weighted by Crippen LogP contribution is 2.20. The van der Waals surface area contributed by atoms with Gasteiger partial charge in [0, 0.05) is 11.4 Å². The summed E-state index contributed by atoms with van der Waals surface area (Å²) in [7, 11) is 0. The van der Waals surface area contributed by atoms with Crippen molar-refractivity contribution in [3.63, 3.8) is 0 Å². The summed E-state index contributed by atoms with van der Waals surface area (Å²) in [5.74, 6) is -1.34. The van der Waals surface area contributed by atoms with E-state index in [1.165, 1.54) is 24.3 Å². The zero-order chi connectivity index (χ0) is 22.5. The Kier molecular flexibility index (Phi) is 6.28. The average molecular weight is 445 g/mol. The Labute approximate surface area is 188 Å². The molecule has 0 saturated heterocycles. The van der Waals surface area contributed by atoms with Crippen molar-refractivity contribution in [1.29, 1.82) is 0 Å². The third-order valence-electron chi connectivity index (χ3n) is 4.77. The minimum atomic E-state index is -1.00. The van der Waals surface area contributed by atoms with Crippen LogP contribution >= 0.6 is 11.3 Å². The molecule has 1 unspecified atom stereocenters. The van der Waals surface area contributed by atoms with Gasteiger partial charge in [-0.15, -0.1) is 11.3 Å². The molecule has 4 rings (SSSR count). The lowest BCUT2D eigenvalue weighted by molar-refractivity contribution is -0.123. The first-order valence-electron chi connectivity index (χ1n) is 9.95. The Morgan fingerprint density at radius 3 is 2.38 bits per heavy atom. The third kappa shape index (κ3) is 5.01. The molecule has 2 amide bonds. The number of amides is 2. The van der Waals surface area contributed by atoms with Crippen LogP contribution in [-0.2, 0) is 9.53 Å². The van der Waals surface area contributed by atoms with Crippen LogP contribution in [0.2, 0.25) is 0 Å². The van der Waals surface area contributed by atoms with E-state index < -0.39 is 18.0 Å². The summed E-state index contributed by atoms with van der Waals surface area (Å²) in [5, 5.41) is 9.39. The summed E-state index contributed by atoms with van der Waals surface area (Å²) in [6.07, 6.45) is -1.00. The van der Waals surface area contributed by atoms with Gasteiger partial charge in [0.1, 0.15) is 0 Å². The molecule has 0 spiro atoms. The van der Waals surface area contributed by atoms with Crippen molar-refractivity contribution < 1.29 is 19.1 Å². The zero-order valence-corrected chi connectivity index (χ0v) is 18.0. The van der Waals surface area contributed by atoms with Crippen LogP contribution in [0.5, 0.6) is 0 Å². The number of carbonyl (C=O) groups is 3. The van der Waals surface area contributed by atoms with E-state index in [0.717, 1.165) is 10.8 Å². The molecule has 0 saturated carbocycles. The number of ether oxygens (including phenoxy) is 1. The molecule has 0 aliphatic carbocycles. The second-order valence-electron chi connectivity index (χ2n) is 7.11. The van der Waals surface area contributed by atoms with Gasteiger partial charge in [-0.2, -0.15) is 0 Å². The van der Waals surface area contributed by atoms with E-state index in [2.05, 4.69) is 10.6 Å². The van der Waals surface area contributed by atoms with E-state index in [0.29, 0.717) is 16.3 Å². The molecule has 0 aliphatic heterocycles. The standard InChI is InChI=1S/C25H20N2O4S/c1-16(23(28)26-21-12-11-17-6-2-3-7-18(17)14-21)31-25(30)19-8-4-9-20(15-19)27-24(29)22-10-5-13-32-22/h2-16H,1H3,(H,26,28)(H,27,29). The fourth-order valence-electron chi connectivity index (χ4n) is 3.12. The number of hydrogen-bond donors (Lipinski definition) is 2. The molecule has 1 heterocycles. The van der Waals surface area contributed by atoms with Crippen LogP contribution in [0.1, 0.15) is 27.0 Å². The molecular weight excluding hydrogens is 424 g/mol. The van der Waals surface area contributed by atoms with Gasteiger partial charge in [-0.05, 0) is 59.5 Å².